The van der Waals surface area contributed by atoms with Crippen LogP contribution in [0, 0.1) is 0 Å². The second-order valence-corrected chi connectivity index (χ2v) is 11.5. The Bertz CT molecular complexity index is 1750. The van der Waals surface area contributed by atoms with Crippen molar-refractivity contribution in [3.8, 4) is 17.2 Å². The fourth-order valence-corrected chi connectivity index (χ4v) is 6.57. The highest BCUT2D eigenvalue weighted by molar-refractivity contribution is 7.07. The summed E-state index contributed by atoms with van der Waals surface area (Å²) in [4.78, 5) is 47.1. The first-order chi connectivity index (χ1) is 21.4. The van der Waals surface area contributed by atoms with Gasteiger partial charge in [-0.2, -0.15) is 0 Å². The van der Waals surface area contributed by atoms with E-state index in [1.807, 2.05) is 31.2 Å². The van der Waals surface area contributed by atoms with Gasteiger partial charge in [-0.05, 0) is 56.0 Å². The van der Waals surface area contributed by atoms with Crippen LogP contribution in [0.1, 0.15) is 56.7 Å². The number of carbonyl (C=O) groups is 2. The number of nitrogens with zero attached hydrogens (tertiary/aromatic N) is 3. The van der Waals surface area contributed by atoms with Crippen LogP contribution in [0.5, 0.6) is 17.2 Å². The van der Waals surface area contributed by atoms with Crippen molar-refractivity contribution in [3.63, 3.8) is 0 Å². The number of amides is 1. The molecule has 0 N–H and O–H groups in total. The molecular formula is C33H37N3O7S. The molecule has 3 heterocycles. The number of methoxy groups -OCH3 is 2. The Morgan fingerprint density at radius 1 is 1.02 bits per heavy atom. The number of esters is 1. The van der Waals surface area contributed by atoms with E-state index in [9.17, 15) is 14.4 Å². The smallest absolute Gasteiger partial charge is 0.338 e. The number of benzene rings is 2. The molecule has 0 spiro atoms. The van der Waals surface area contributed by atoms with Crippen LogP contribution in [0.2, 0.25) is 0 Å². The Balaban J connectivity index is 1.57. The van der Waals surface area contributed by atoms with E-state index in [1.54, 1.807) is 47.8 Å². The molecule has 0 unspecified atom stereocenters. The van der Waals surface area contributed by atoms with Crippen LogP contribution in [0.25, 0.3) is 6.08 Å². The maximum atomic E-state index is 14.1. The van der Waals surface area contributed by atoms with Gasteiger partial charge >= 0.3 is 5.97 Å². The third-order valence-electron chi connectivity index (χ3n) is 7.62. The molecule has 10 nitrogen and oxygen atoms in total. The average molecular weight is 620 g/mol. The monoisotopic (exact) mass is 619 g/mol. The zero-order valence-corrected chi connectivity index (χ0v) is 26.3. The van der Waals surface area contributed by atoms with Crippen LogP contribution in [-0.4, -0.2) is 61.9 Å². The number of allylic oxidation sites excluding steroid dienone is 1. The minimum atomic E-state index is -0.774. The van der Waals surface area contributed by atoms with E-state index < -0.39 is 12.0 Å². The molecule has 0 bridgehead atoms. The number of hydrogen-bond donors (Lipinski definition) is 0. The van der Waals surface area contributed by atoms with Gasteiger partial charge in [-0.25, -0.2) is 9.79 Å². The Morgan fingerprint density at radius 3 is 2.48 bits per heavy atom. The summed E-state index contributed by atoms with van der Waals surface area (Å²) in [6.45, 7) is 5.41. The van der Waals surface area contributed by atoms with Crippen LogP contribution in [0.15, 0.2) is 63.5 Å². The predicted molar refractivity (Wildman–Crippen MR) is 167 cm³/mol. The number of carbonyl (C=O) groups excluding carboxylic acids is 2. The SMILES string of the molecule is CCCC1=C(C(=O)OCC)[C@H](c2ccccc2OC)n2c(s/c(=C/c3ccc(OCC(=O)N4CCCC4)c(OC)c3)c2=O)=N1. The molecule has 1 fully saturated rings. The molecule has 1 atom stereocenters. The quantitative estimate of drug-likeness (QED) is 0.302. The number of rotatable bonds is 11. The van der Waals surface area contributed by atoms with Gasteiger partial charge in [0.15, 0.2) is 22.9 Å². The van der Waals surface area contributed by atoms with Crippen LogP contribution >= 0.6 is 11.3 Å². The van der Waals surface area contributed by atoms with Gasteiger partial charge in [-0.1, -0.05) is 48.9 Å². The minimum absolute atomic E-state index is 0.0519. The number of likely N-dealkylation sites (tertiary alicyclic amines) is 1. The van der Waals surface area contributed by atoms with Crippen LogP contribution in [0.3, 0.4) is 0 Å². The van der Waals surface area contributed by atoms with Gasteiger partial charge in [0.2, 0.25) is 0 Å². The highest BCUT2D eigenvalue weighted by Crippen LogP contribution is 2.37. The summed E-state index contributed by atoms with van der Waals surface area (Å²) in [5.41, 5.74) is 2.01. The van der Waals surface area contributed by atoms with Crippen LogP contribution in [-0.2, 0) is 14.3 Å². The van der Waals surface area contributed by atoms with Crippen molar-refractivity contribution in [2.75, 3.05) is 40.5 Å². The average Bonchev–Trinajstić information content (AvgIpc) is 3.68. The maximum Gasteiger partial charge on any atom is 0.338 e. The first-order valence-corrected chi connectivity index (χ1v) is 15.6. The lowest BCUT2D eigenvalue weighted by molar-refractivity contribution is -0.139. The zero-order valence-electron chi connectivity index (χ0n) is 25.5. The highest BCUT2D eigenvalue weighted by Gasteiger charge is 2.35. The fourth-order valence-electron chi connectivity index (χ4n) is 5.55. The van der Waals surface area contributed by atoms with Crippen molar-refractivity contribution in [2.45, 2.75) is 45.6 Å². The number of ether oxygens (including phenoxy) is 4. The van der Waals surface area contributed by atoms with Gasteiger partial charge in [0.25, 0.3) is 11.5 Å². The molecule has 2 aliphatic heterocycles. The third kappa shape index (κ3) is 6.28. The number of fused-ring (bicyclic) bond motifs is 1. The molecule has 5 rings (SSSR count). The molecule has 1 amide bonds. The molecule has 1 saturated heterocycles. The Labute approximate surface area is 259 Å². The van der Waals surface area contributed by atoms with Gasteiger partial charge in [0.05, 0.1) is 36.6 Å². The minimum Gasteiger partial charge on any atom is -0.496 e. The van der Waals surface area contributed by atoms with E-state index >= 15 is 0 Å². The molecular weight excluding hydrogens is 582 g/mol. The summed E-state index contributed by atoms with van der Waals surface area (Å²) >= 11 is 1.25. The lowest BCUT2D eigenvalue weighted by atomic mass is 9.93. The summed E-state index contributed by atoms with van der Waals surface area (Å²) < 4.78 is 24.5. The van der Waals surface area contributed by atoms with Gasteiger partial charge < -0.3 is 23.8 Å². The van der Waals surface area contributed by atoms with E-state index in [0.717, 1.165) is 32.4 Å². The predicted octanol–water partition coefficient (Wildman–Crippen LogP) is 3.60. The molecule has 44 heavy (non-hydrogen) atoms. The van der Waals surface area contributed by atoms with Gasteiger partial charge in [0, 0.05) is 18.7 Å². The Kier molecular flexibility index (Phi) is 9.84. The third-order valence-corrected chi connectivity index (χ3v) is 8.60. The normalized spacial score (nSPS) is 16.4. The van der Waals surface area contributed by atoms with Crippen molar-refractivity contribution >= 4 is 29.3 Å². The zero-order chi connectivity index (χ0) is 31.2. The van der Waals surface area contributed by atoms with Gasteiger partial charge in [-0.3, -0.25) is 14.2 Å². The molecule has 11 heteroatoms. The Morgan fingerprint density at radius 2 is 1.77 bits per heavy atom. The molecule has 0 radical (unpaired) electrons. The van der Waals surface area contributed by atoms with E-state index in [-0.39, 0.29) is 24.7 Å². The molecule has 2 aromatic carbocycles. The van der Waals surface area contributed by atoms with Crippen LogP contribution < -0.4 is 29.1 Å². The number of thiazole rings is 1. The van der Waals surface area contributed by atoms with E-state index in [4.69, 9.17) is 23.9 Å². The van der Waals surface area contributed by atoms with Gasteiger partial charge in [-0.15, -0.1) is 0 Å². The topological polar surface area (TPSA) is 109 Å². The molecule has 1 aromatic heterocycles. The number of hydrogen-bond acceptors (Lipinski definition) is 9. The second-order valence-electron chi connectivity index (χ2n) is 10.4. The summed E-state index contributed by atoms with van der Waals surface area (Å²) in [6.07, 6.45) is 5.09. The van der Waals surface area contributed by atoms with Crippen molar-refractivity contribution in [1.29, 1.82) is 0 Å². The first kappa shape index (κ1) is 31.1. The fraction of sp³-hybridized carbons (Fsp3) is 0.394. The van der Waals surface area contributed by atoms with Crippen molar-refractivity contribution in [2.24, 2.45) is 4.99 Å². The molecule has 0 aliphatic carbocycles. The molecule has 2 aliphatic rings. The van der Waals surface area contributed by atoms with E-state index in [1.165, 1.54) is 18.4 Å². The molecule has 0 saturated carbocycles. The van der Waals surface area contributed by atoms with E-state index in [0.29, 0.717) is 55.4 Å². The highest BCUT2D eigenvalue weighted by atomic mass is 32.1. The van der Waals surface area contributed by atoms with E-state index in [2.05, 4.69) is 0 Å². The van der Waals surface area contributed by atoms with Crippen LogP contribution in [0.4, 0.5) is 0 Å². The maximum absolute atomic E-state index is 14.1. The molecule has 3 aromatic rings. The van der Waals surface area contributed by atoms with Crippen molar-refractivity contribution in [3.05, 3.63) is 84.5 Å². The lowest BCUT2D eigenvalue weighted by Gasteiger charge is -2.26. The van der Waals surface area contributed by atoms with Gasteiger partial charge in [0.1, 0.15) is 11.8 Å². The molecule has 232 valence electrons. The summed E-state index contributed by atoms with van der Waals surface area (Å²) in [6, 6.07) is 11.9. The lowest BCUT2D eigenvalue weighted by Crippen LogP contribution is -2.40. The summed E-state index contributed by atoms with van der Waals surface area (Å²) in [7, 11) is 3.09. The standard InChI is InChI=1S/C33H37N3O7S/c1-5-11-23-29(32(39)42-6-2)30(22-12-7-8-13-24(22)40-3)36-31(38)27(44-33(36)34-23)19-21-14-15-25(26(18-21)41-4)43-20-28(37)35-16-9-10-17-35/h7-8,12-15,18-19,30H,5-6,9-11,16-17,20H2,1-4H3/b27-19+/t30-/m0/s1. The van der Waals surface area contributed by atoms with Crippen molar-refractivity contribution in [1.82, 2.24) is 9.47 Å². The Hall–Kier alpha value is -4.38. The summed E-state index contributed by atoms with van der Waals surface area (Å²) in [5.74, 6) is 0.883. The largest absolute Gasteiger partial charge is 0.496 e. The first-order valence-electron chi connectivity index (χ1n) is 14.8. The number of aromatic nitrogens is 1. The van der Waals surface area contributed by atoms with Crippen molar-refractivity contribution < 1.29 is 28.5 Å². The number of para-hydroxylation sites is 1. The summed E-state index contributed by atoms with van der Waals surface area (Å²) in [5, 5.41) is 0. The second kappa shape index (κ2) is 13.9.